The molecule has 0 aliphatic carbocycles. The quantitative estimate of drug-likeness (QED) is 0.754. The Morgan fingerprint density at radius 1 is 1.28 bits per heavy atom. The molecule has 2 aromatic rings. The van der Waals surface area contributed by atoms with Crippen LogP contribution >= 0.6 is 11.6 Å². The minimum Gasteiger partial charge on any atom is -0.469 e. The molecule has 2 aromatic carbocycles. The summed E-state index contributed by atoms with van der Waals surface area (Å²) in [6.45, 7) is 5.92. The molecule has 2 aliphatic rings. The van der Waals surface area contributed by atoms with Gasteiger partial charge in [0.05, 0.1) is 18.1 Å². The van der Waals surface area contributed by atoms with E-state index in [-0.39, 0.29) is 12.0 Å². The molecule has 0 bridgehead atoms. The molecule has 2 heterocycles. The number of aliphatic imine (C=N–C) groups is 1. The molecule has 1 fully saturated rings. The normalized spacial score (nSPS) is 18.7. The number of ether oxygens (including phenoxy) is 2. The Morgan fingerprint density at radius 3 is 2.86 bits per heavy atom. The van der Waals surface area contributed by atoms with Crippen molar-refractivity contribution in [3.05, 3.63) is 53.1 Å². The predicted octanol–water partition coefficient (Wildman–Crippen LogP) is 4.00. The van der Waals surface area contributed by atoms with Gasteiger partial charge in [0.2, 0.25) is 0 Å². The number of methoxy groups -OCH3 is 1. The molecule has 1 saturated heterocycles. The van der Waals surface area contributed by atoms with Crippen LogP contribution in [0.4, 0.5) is 5.69 Å². The Labute approximate surface area is 175 Å². The van der Waals surface area contributed by atoms with Gasteiger partial charge < -0.3 is 19.7 Å². The van der Waals surface area contributed by atoms with Crippen molar-refractivity contribution in [3.63, 3.8) is 0 Å². The topological polar surface area (TPSA) is 63.2 Å². The summed E-state index contributed by atoms with van der Waals surface area (Å²) in [4.78, 5) is 19.5. The summed E-state index contributed by atoms with van der Waals surface area (Å²) in [5.74, 6) is 1.99. The van der Waals surface area contributed by atoms with Crippen LogP contribution in [0.5, 0.6) is 11.5 Å². The van der Waals surface area contributed by atoms with Gasteiger partial charge in [-0.3, -0.25) is 4.79 Å². The third-order valence-corrected chi connectivity index (χ3v) is 5.79. The third kappa shape index (κ3) is 3.70. The van der Waals surface area contributed by atoms with Gasteiger partial charge in [0, 0.05) is 30.7 Å². The molecule has 6 nitrogen and oxygen atoms in total. The zero-order valence-corrected chi connectivity index (χ0v) is 17.5. The number of para-hydroxylation sites is 1. The van der Waals surface area contributed by atoms with Gasteiger partial charge in [-0.15, -0.1) is 0 Å². The number of nitrogens with zero attached hydrogens (tertiary/aromatic N) is 2. The molecule has 0 radical (unpaired) electrons. The van der Waals surface area contributed by atoms with Crippen LogP contribution in [-0.2, 0) is 9.53 Å². The summed E-state index contributed by atoms with van der Waals surface area (Å²) in [6, 6.07) is 13.2. The first-order valence-corrected chi connectivity index (χ1v) is 10.00. The molecule has 0 aromatic heterocycles. The zero-order valence-electron chi connectivity index (χ0n) is 16.7. The number of rotatable bonds is 2. The molecule has 2 aliphatic heterocycles. The second-order valence-electron chi connectivity index (χ2n) is 7.81. The molecule has 29 heavy (non-hydrogen) atoms. The molecule has 1 unspecified atom stereocenters. The molecular formula is C22H24ClN3O3. The van der Waals surface area contributed by atoms with Crippen molar-refractivity contribution in [2.24, 2.45) is 10.4 Å². The lowest BCUT2D eigenvalue weighted by atomic mass is 9.83. The molecule has 1 N–H and O–H groups in total. The van der Waals surface area contributed by atoms with E-state index in [4.69, 9.17) is 26.1 Å². The van der Waals surface area contributed by atoms with Crippen LogP contribution < -0.4 is 10.1 Å². The van der Waals surface area contributed by atoms with Crippen LogP contribution in [0.1, 0.15) is 19.4 Å². The van der Waals surface area contributed by atoms with Crippen molar-refractivity contribution in [1.82, 2.24) is 10.2 Å². The van der Waals surface area contributed by atoms with E-state index in [9.17, 15) is 4.79 Å². The fraction of sp³-hybridized carbons (Fsp3) is 0.364. The van der Waals surface area contributed by atoms with Crippen molar-refractivity contribution in [2.45, 2.75) is 19.9 Å². The minimum absolute atomic E-state index is 0.0819. The molecule has 7 heteroatoms. The van der Waals surface area contributed by atoms with E-state index in [1.165, 1.54) is 7.11 Å². The van der Waals surface area contributed by atoms with E-state index >= 15 is 0 Å². The number of halogens is 1. The highest BCUT2D eigenvalue weighted by molar-refractivity contribution is 6.31. The van der Waals surface area contributed by atoms with Crippen LogP contribution in [0.3, 0.4) is 0 Å². The van der Waals surface area contributed by atoms with Crippen molar-refractivity contribution in [3.8, 4) is 11.5 Å². The van der Waals surface area contributed by atoms with Gasteiger partial charge in [0.25, 0.3) is 0 Å². The smallest absolute Gasteiger partial charge is 0.312 e. The number of hydrogen-bond donors (Lipinski definition) is 1. The number of carbonyl (C=O) groups excluding carboxylic acids is 1. The predicted molar refractivity (Wildman–Crippen MR) is 113 cm³/mol. The van der Waals surface area contributed by atoms with Crippen molar-refractivity contribution in [2.75, 3.05) is 26.7 Å². The maximum Gasteiger partial charge on any atom is 0.312 e. The SMILES string of the molecule is COC(=O)C(C)(C)C1CN(C2=Nc3cc(Cl)ccc3Oc3ccccc32)CCN1. The minimum atomic E-state index is -0.671. The first kappa shape index (κ1) is 19.7. The van der Waals surface area contributed by atoms with Crippen LogP contribution in [0.15, 0.2) is 47.5 Å². The van der Waals surface area contributed by atoms with Gasteiger partial charge in [0.15, 0.2) is 5.75 Å². The molecular weight excluding hydrogens is 390 g/mol. The summed E-state index contributed by atoms with van der Waals surface area (Å²) in [7, 11) is 1.42. The standard InChI is InChI=1S/C22H24ClN3O3/c1-22(2,21(27)28-3)19-13-26(11-10-24-19)20-15-6-4-5-7-17(15)29-18-9-8-14(23)12-16(18)25-20/h4-9,12,19,24H,10-11,13H2,1-3H3. The third-order valence-electron chi connectivity index (χ3n) is 5.55. The molecule has 152 valence electrons. The average Bonchev–Trinajstić information content (AvgIpc) is 2.89. The Bertz CT molecular complexity index is 974. The first-order valence-electron chi connectivity index (χ1n) is 9.62. The van der Waals surface area contributed by atoms with Gasteiger partial charge in [-0.25, -0.2) is 4.99 Å². The highest BCUT2D eigenvalue weighted by atomic mass is 35.5. The van der Waals surface area contributed by atoms with Crippen LogP contribution in [0.2, 0.25) is 5.02 Å². The van der Waals surface area contributed by atoms with Gasteiger partial charge in [-0.05, 0) is 44.2 Å². The van der Waals surface area contributed by atoms with Gasteiger partial charge >= 0.3 is 5.97 Å². The number of hydrogen-bond acceptors (Lipinski definition) is 6. The second kappa shape index (κ2) is 7.69. The molecule has 0 amide bonds. The Balaban J connectivity index is 1.75. The van der Waals surface area contributed by atoms with E-state index in [1.54, 1.807) is 12.1 Å². The van der Waals surface area contributed by atoms with Crippen LogP contribution in [0, 0.1) is 5.41 Å². The highest BCUT2D eigenvalue weighted by Crippen LogP contribution is 2.39. The number of fused-ring (bicyclic) bond motifs is 2. The van der Waals surface area contributed by atoms with E-state index in [0.29, 0.717) is 23.0 Å². The van der Waals surface area contributed by atoms with E-state index in [0.717, 1.165) is 30.2 Å². The first-order chi connectivity index (χ1) is 13.9. The van der Waals surface area contributed by atoms with Gasteiger partial charge in [-0.1, -0.05) is 23.7 Å². The highest BCUT2D eigenvalue weighted by Gasteiger charge is 2.41. The second-order valence-corrected chi connectivity index (χ2v) is 8.25. The Kier molecular flexibility index (Phi) is 5.23. The number of esters is 1. The summed E-state index contributed by atoms with van der Waals surface area (Å²) in [6.07, 6.45) is 0. The lowest BCUT2D eigenvalue weighted by Gasteiger charge is -2.41. The lowest BCUT2D eigenvalue weighted by molar-refractivity contribution is -0.153. The van der Waals surface area contributed by atoms with Gasteiger partial charge in [0.1, 0.15) is 17.3 Å². The average molecular weight is 414 g/mol. The maximum absolute atomic E-state index is 12.3. The van der Waals surface area contributed by atoms with E-state index in [1.807, 2.05) is 44.2 Å². The molecule has 0 saturated carbocycles. The summed E-state index contributed by atoms with van der Waals surface area (Å²) in [5.41, 5.74) is 0.929. The monoisotopic (exact) mass is 413 g/mol. The fourth-order valence-corrected chi connectivity index (χ4v) is 3.94. The summed E-state index contributed by atoms with van der Waals surface area (Å²) < 4.78 is 11.2. The van der Waals surface area contributed by atoms with E-state index in [2.05, 4.69) is 10.2 Å². The molecule has 4 rings (SSSR count). The summed E-state index contributed by atoms with van der Waals surface area (Å²) in [5, 5.41) is 4.06. The molecule has 1 atom stereocenters. The van der Waals surface area contributed by atoms with Crippen molar-refractivity contribution in [1.29, 1.82) is 0 Å². The van der Waals surface area contributed by atoms with Crippen LogP contribution in [-0.4, -0.2) is 49.5 Å². The molecule has 0 spiro atoms. The van der Waals surface area contributed by atoms with Crippen molar-refractivity contribution < 1.29 is 14.3 Å². The van der Waals surface area contributed by atoms with Gasteiger partial charge in [-0.2, -0.15) is 0 Å². The number of carbonyl (C=O) groups is 1. The number of piperazine rings is 1. The fourth-order valence-electron chi connectivity index (χ4n) is 3.77. The van der Waals surface area contributed by atoms with E-state index < -0.39 is 5.41 Å². The maximum atomic E-state index is 12.3. The largest absolute Gasteiger partial charge is 0.469 e. The van der Waals surface area contributed by atoms with Crippen molar-refractivity contribution >= 4 is 29.1 Å². The Morgan fingerprint density at radius 2 is 2.07 bits per heavy atom. The Hall–Kier alpha value is -2.57. The number of nitrogens with one attached hydrogen (secondary N) is 1. The number of amidine groups is 1. The number of benzene rings is 2. The zero-order chi connectivity index (χ0) is 20.6. The lowest BCUT2D eigenvalue weighted by Crippen LogP contribution is -2.60. The van der Waals surface area contributed by atoms with Crippen LogP contribution in [0.25, 0.3) is 0 Å². The summed E-state index contributed by atoms with van der Waals surface area (Å²) >= 11 is 6.21.